The van der Waals surface area contributed by atoms with Gasteiger partial charge in [-0.25, -0.2) is 4.79 Å². The number of hydrogen-bond acceptors (Lipinski definition) is 4. The van der Waals surface area contributed by atoms with Gasteiger partial charge in [0.25, 0.3) is 0 Å². The zero-order chi connectivity index (χ0) is 22.1. The fourth-order valence-electron chi connectivity index (χ4n) is 3.69. The Morgan fingerprint density at radius 3 is 2.07 bits per heavy atom. The Kier molecular flexibility index (Phi) is 6.73. The van der Waals surface area contributed by atoms with E-state index in [1.807, 2.05) is 0 Å². The van der Waals surface area contributed by atoms with Crippen molar-refractivity contribution >= 4 is 21.8 Å². The molecule has 156 valence electrons. The number of nitrogens with one attached hydrogen (secondary N) is 1. The van der Waals surface area contributed by atoms with Crippen LogP contribution in [0.15, 0.2) is 24.3 Å². The van der Waals surface area contributed by atoms with Crippen LogP contribution in [-0.2, 0) is 4.74 Å². The van der Waals surface area contributed by atoms with E-state index in [0.717, 1.165) is 25.7 Å². The summed E-state index contributed by atoms with van der Waals surface area (Å²) >= 11 is 0. The van der Waals surface area contributed by atoms with E-state index in [1.165, 1.54) is 0 Å². The van der Waals surface area contributed by atoms with Gasteiger partial charge in [0.2, 0.25) is 0 Å². The highest BCUT2D eigenvalue weighted by molar-refractivity contribution is 6.39. The molecule has 2 N–H and O–H groups in total. The number of amides is 1. The Bertz CT molecular complexity index is 699. The average Bonchev–Trinajstić information content (AvgIpc) is 2.99. The zero-order valence-electron chi connectivity index (χ0n) is 18.5. The summed E-state index contributed by atoms with van der Waals surface area (Å²) in [5.41, 5.74) is -1.40. The summed E-state index contributed by atoms with van der Waals surface area (Å²) in [7, 11) is 12.6. The van der Waals surface area contributed by atoms with Crippen LogP contribution in [0.25, 0.3) is 0 Å². The van der Waals surface area contributed by atoms with Gasteiger partial charge in [0, 0.05) is 5.40 Å². The van der Waals surface area contributed by atoms with Crippen molar-refractivity contribution in [3.05, 3.63) is 29.8 Å². The third-order valence-corrected chi connectivity index (χ3v) is 5.52. The van der Waals surface area contributed by atoms with Gasteiger partial charge in [-0.1, -0.05) is 31.9 Å². The van der Waals surface area contributed by atoms with E-state index in [0.29, 0.717) is 11.3 Å². The number of aliphatic hydroxyl groups is 1. The Balaban J connectivity index is 2.15. The van der Waals surface area contributed by atoms with Gasteiger partial charge in [0.05, 0.1) is 11.6 Å². The van der Waals surface area contributed by atoms with Gasteiger partial charge in [0.15, 0.2) is 0 Å². The third-order valence-electron chi connectivity index (χ3n) is 5.52. The second kappa shape index (κ2) is 8.25. The van der Waals surface area contributed by atoms with Crippen LogP contribution in [0.2, 0.25) is 0 Å². The summed E-state index contributed by atoms with van der Waals surface area (Å²) < 4.78 is 11.3. The zero-order valence-corrected chi connectivity index (χ0v) is 18.5. The van der Waals surface area contributed by atoms with Crippen LogP contribution in [0, 0.1) is 5.41 Å². The number of carbonyl (C=O) groups excluding carboxylic acids is 1. The summed E-state index contributed by atoms with van der Waals surface area (Å²) in [5, 5.41) is 12.0. The molecule has 1 aliphatic rings. The van der Waals surface area contributed by atoms with Gasteiger partial charge >= 0.3 is 6.09 Å². The molecule has 0 aliphatic heterocycles. The van der Waals surface area contributed by atoms with E-state index in [2.05, 4.69) is 12.2 Å². The van der Waals surface area contributed by atoms with Gasteiger partial charge in [0.1, 0.15) is 27.0 Å². The van der Waals surface area contributed by atoms with Crippen molar-refractivity contribution in [1.82, 2.24) is 5.32 Å². The molecule has 0 saturated heterocycles. The lowest BCUT2D eigenvalue weighted by molar-refractivity contribution is 0.0163. The first-order valence-corrected chi connectivity index (χ1v) is 10.2. The van der Waals surface area contributed by atoms with Crippen LogP contribution >= 0.6 is 0 Å². The molecular weight excluding hydrogens is 364 g/mol. The van der Waals surface area contributed by atoms with Crippen molar-refractivity contribution in [2.75, 3.05) is 0 Å². The number of alkyl carbamates (subject to hydrolysis) is 1. The van der Waals surface area contributed by atoms with Crippen molar-refractivity contribution in [3.63, 3.8) is 0 Å². The SMILES string of the molecule is [B]C([B])(Oc1ccc(C(NC(=O)OC(C)(C)C)C(C)(C)O)cc1)C1(C)CCCC1. The molecule has 1 atom stereocenters. The monoisotopic (exact) mass is 397 g/mol. The quantitative estimate of drug-likeness (QED) is 0.713. The standard InChI is InChI=1S/C22H33B2NO4/c1-19(2,3)29-18(26)25-17(20(4,5)27)15-9-11-16(12-10-15)28-22(23,24)21(6)13-7-8-14-21/h9-12,17,27H,7-8,13-14H2,1-6H3,(H,25,26). The van der Waals surface area contributed by atoms with Gasteiger partial charge in [-0.05, 0) is 70.6 Å². The molecule has 7 heteroatoms. The van der Waals surface area contributed by atoms with E-state index in [-0.39, 0.29) is 5.41 Å². The lowest BCUT2D eigenvalue weighted by atomic mass is 9.50. The fourth-order valence-corrected chi connectivity index (χ4v) is 3.69. The number of hydrogen-bond donors (Lipinski definition) is 2. The molecule has 4 radical (unpaired) electrons. The van der Waals surface area contributed by atoms with Gasteiger partial charge in [-0.3, -0.25) is 0 Å². The molecular formula is C22H33B2NO4. The molecule has 1 aromatic carbocycles. The summed E-state index contributed by atoms with van der Waals surface area (Å²) in [4.78, 5) is 12.2. The average molecular weight is 397 g/mol. The van der Waals surface area contributed by atoms with Crippen molar-refractivity contribution in [2.45, 2.75) is 89.9 Å². The number of ether oxygens (including phenoxy) is 2. The summed E-state index contributed by atoms with van der Waals surface area (Å²) in [6.07, 6.45) is 3.45. The van der Waals surface area contributed by atoms with E-state index in [9.17, 15) is 9.90 Å². The Hall–Kier alpha value is -1.62. The van der Waals surface area contributed by atoms with Crippen molar-refractivity contribution in [2.24, 2.45) is 5.41 Å². The Labute approximate surface area is 177 Å². The molecule has 1 fully saturated rings. The Morgan fingerprint density at radius 1 is 1.10 bits per heavy atom. The first-order valence-electron chi connectivity index (χ1n) is 10.2. The third kappa shape index (κ3) is 6.18. The second-order valence-corrected chi connectivity index (χ2v) is 9.96. The summed E-state index contributed by atoms with van der Waals surface area (Å²) in [5.74, 6) is 0.540. The molecule has 2 rings (SSSR count). The molecule has 5 nitrogen and oxygen atoms in total. The van der Waals surface area contributed by atoms with Crippen LogP contribution in [0.3, 0.4) is 0 Å². The van der Waals surface area contributed by atoms with Crippen LogP contribution < -0.4 is 10.1 Å². The normalized spacial score (nSPS) is 18.2. The van der Waals surface area contributed by atoms with Gasteiger partial charge in [-0.15, -0.1) is 0 Å². The number of benzene rings is 1. The van der Waals surface area contributed by atoms with E-state index >= 15 is 0 Å². The van der Waals surface area contributed by atoms with Crippen LogP contribution in [0.1, 0.15) is 78.8 Å². The van der Waals surface area contributed by atoms with E-state index in [1.54, 1.807) is 58.9 Å². The maximum atomic E-state index is 12.2. The molecule has 1 unspecified atom stereocenters. The molecule has 0 bridgehead atoms. The minimum Gasteiger partial charge on any atom is -0.506 e. The second-order valence-electron chi connectivity index (χ2n) is 9.96. The predicted octanol–water partition coefficient (Wildman–Crippen LogP) is 3.97. The predicted molar refractivity (Wildman–Crippen MR) is 116 cm³/mol. The molecule has 0 heterocycles. The topological polar surface area (TPSA) is 67.8 Å². The van der Waals surface area contributed by atoms with Gasteiger partial charge < -0.3 is 19.9 Å². The molecule has 29 heavy (non-hydrogen) atoms. The minimum absolute atomic E-state index is 0.278. The minimum atomic E-state index is -1.27. The fraction of sp³-hybridized carbons (Fsp3) is 0.682. The summed E-state index contributed by atoms with van der Waals surface area (Å²) in [6.45, 7) is 10.7. The summed E-state index contributed by atoms with van der Waals surface area (Å²) in [6, 6.07) is 6.39. The van der Waals surface area contributed by atoms with Crippen LogP contribution in [0.4, 0.5) is 4.79 Å². The van der Waals surface area contributed by atoms with Crippen molar-refractivity contribution < 1.29 is 19.4 Å². The largest absolute Gasteiger partial charge is 0.506 e. The van der Waals surface area contributed by atoms with Crippen LogP contribution in [-0.4, -0.2) is 43.5 Å². The maximum absolute atomic E-state index is 12.2. The number of rotatable bonds is 6. The maximum Gasteiger partial charge on any atom is 0.408 e. The number of carbonyl (C=O) groups is 1. The van der Waals surface area contributed by atoms with Crippen LogP contribution in [0.5, 0.6) is 5.75 Å². The molecule has 1 aromatic rings. The lowest BCUT2D eigenvalue weighted by Gasteiger charge is -2.43. The molecule has 1 saturated carbocycles. The Morgan fingerprint density at radius 2 is 1.62 bits per heavy atom. The highest BCUT2D eigenvalue weighted by Gasteiger charge is 2.43. The lowest BCUT2D eigenvalue weighted by Crippen LogP contribution is -2.51. The van der Waals surface area contributed by atoms with E-state index < -0.39 is 28.7 Å². The molecule has 1 aliphatic carbocycles. The first kappa shape index (κ1) is 23.7. The van der Waals surface area contributed by atoms with Crippen molar-refractivity contribution in [1.29, 1.82) is 0 Å². The first-order chi connectivity index (χ1) is 13.1. The highest BCUT2D eigenvalue weighted by Crippen LogP contribution is 2.45. The highest BCUT2D eigenvalue weighted by atomic mass is 16.6. The van der Waals surface area contributed by atoms with Gasteiger partial charge in [-0.2, -0.15) is 0 Å². The molecule has 0 aromatic heterocycles. The molecule has 1 amide bonds. The van der Waals surface area contributed by atoms with Crippen molar-refractivity contribution in [3.8, 4) is 5.75 Å². The van der Waals surface area contributed by atoms with E-state index in [4.69, 9.17) is 25.2 Å². The smallest absolute Gasteiger partial charge is 0.408 e. The molecule has 0 spiro atoms.